The van der Waals surface area contributed by atoms with Gasteiger partial charge in [-0.2, -0.15) is 8.42 Å². The predicted molar refractivity (Wildman–Crippen MR) is 211 cm³/mol. The second kappa shape index (κ2) is 33.0. The van der Waals surface area contributed by atoms with Crippen LogP contribution in [0.2, 0.25) is 0 Å². The molecule has 0 spiro atoms. The first-order chi connectivity index (χ1) is 26.1. The summed E-state index contributed by atoms with van der Waals surface area (Å²) in [6, 6.07) is 0. The van der Waals surface area contributed by atoms with Crippen molar-refractivity contribution < 1.29 is 56.2 Å². The summed E-state index contributed by atoms with van der Waals surface area (Å²) in [5, 5.41) is 30.5. The summed E-state index contributed by atoms with van der Waals surface area (Å²) in [5.41, 5.74) is 0. The lowest BCUT2D eigenvalue weighted by Crippen LogP contribution is -2.60. The molecule has 1 heterocycles. The van der Waals surface area contributed by atoms with Gasteiger partial charge in [0.25, 0.3) is 0 Å². The van der Waals surface area contributed by atoms with Crippen molar-refractivity contribution in [2.24, 2.45) is 0 Å². The first-order valence-electron chi connectivity index (χ1n) is 20.0. The maximum Gasteiger partial charge on any atom is 0.397 e. The Bertz CT molecular complexity index is 1180. The van der Waals surface area contributed by atoms with Crippen molar-refractivity contribution in [1.82, 2.24) is 0 Å². The van der Waals surface area contributed by atoms with E-state index >= 15 is 0 Å². The van der Waals surface area contributed by atoms with E-state index in [4.69, 9.17) is 23.5 Å². The van der Waals surface area contributed by atoms with Crippen molar-refractivity contribution in [3.05, 3.63) is 60.8 Å². The van der Waals surface area contributed by atoms with Gasteiger partial charge in [0.15, 0.2) is 6.29 Å². The molecule has 6 atom stereocenters. The lowest BCUT2D eigenvalue weighted by Gasteiger charge is -2.41. The second-order valence-corrected chi connectivity index (χ2v) is 14.5. The lowest BCUT2D eigenvalue weighted by molar-refractivity contribution is -0.301. The average molecular weight is 787 g/mol. The Morgan fingerprint density at radius 3 is 1.87 bits per heavy atom. The molecular formula is C41H70O12S. The van der Waals surface area contributed by atoms with Crippen LogP contribution in [0, 0.1) is 0 Å². The van der Waals surface area contributed by atoms with Crippen LogP contribution in [0.25, 0.3) is 0 Å². The predicted octanol–water partition coefficient (Wildman–Crippen LogP) is 7.40. The molecule has 312 valence electrons. The quantitative estimate of drug-likeness (QED) is 0.0225. The molecule has 0 aromatic carbocycles. The Balaban J connectivity index is 2.53. The Labute approximate surface area is 325 Å². The molecule has 1 fully saturated rings. The van der Waals surface area contributed by atoms with Gasteiger partial charge in [0.1, 0.15) is 30.5 Å². The third kappa shape index (κ3) is 26.6. The molecule has 4 N–H and O–H groups in total. The van der Waals surface area contributed by atoms with Crippen LogP contribution in [0.1, 0.15) is 129 Å². The third-order valence-corrected chi connectivity index (χ3v) is 9.07. The van der Waals surface area contributed by atoms with Gasteiger partial charge in [0.05, 0.1) is 19.8 Å². The number of aliphatic hydroxyl groups is 3. The van der Waals surface area contributed by atoms with Gasteiger partial charge in [0, 0.05) is 13.0 Å². The first kappa shape index (κ1) is 49.8. The Morgan fingerprint density at radius 1 is 0.722 bits per heavy atom. The van der Waals surface area contributed by atoms with Crippen LogP contribution >= 0.6 is 0 Å². The van der Waals surface area contributed by atoms with Gasteiger partial charge >= 0.3 is 16.4 Å². The second-order valence-electron chi connectivity index (χ2n) is 13.5. The molecule has 13 heteroatoms. The standard InChI is InChI=1S/C41H70O12S/c1-3-5-7-9-11-13-15-17-19-21-23-25-27-29-31-49-33-35(34-50-41-39(45)40(53-54(46,47)48)38(44)36(32-42)52-41)51-37(43)30-28-26-24-22-20-18-16-14-12-10-8-6-4-2/h5,7-8,10-11,13-14,16-17,19,35-36,38-42,44-45H,3-4,6,9,12,15,18,20-34H2,1-2H3,(H,46,47,48)/b7-5-,10-8-,13-11-,16-14-,19-17-. The normalized spacial score (nSPS) is 21.8. The molecule has 0 amide bonds. The third-order valence-electron chi connectivity index (χ3n) is 8.60. The maximum atomic E-state index is 12.8. The van der Waals surface area contributed by atoms with E-state index in [-0.39, 0.29) is 19.6 Å². The highest BCUT2D eigenvalue weighted by molar-refractivity contribution is 7.80. The van der Waals surface area contributed by atoms with E-state index in [1.54, 1.807) is 0 Å². The smallest absolute Gasteiger partial charge is 0.397 e. The van der Waals surface area contributed by atoms with E-state index in [2.05, 4.69) is 78.8 Å². The van der Waals surface area contributed by atoms with E-state index in [0.29, 0.717) is 13.0 Å². The van der Waals surface area contributed by atoms with Crippen molar-refractivity contribution >= 4 is 16.4 Å². The zero-order chi connectivity index (χ0) is 39.7. The summed E-state index contributed by atoms with van der Waals surface area (Å²) in [6.07, 6.45) is 29.8. The molecule has 1 saturated heterocycles. The van der Waals surface area contributed by atoms with Crippen LogP contribution in [0.15, 0.2) is 60.8 Å². The molecule has 0 radical (unpaired) electrons. The molecule has 1 rings (SSSR count). The highest BCUT2D eigenvalue weighted by Crippen LogP contribution is 2.26. The fourth-order valence-corrected chi connectivity index (χ4v) is 6.11. The van der Waals surface area contributed by atoms with Gasteiger partial charge in [-0.1, -0.05) is 113 Å². The number of ether oxygens (including phenoxy) is 4. The monoisotopic (exact) mass is 786 g/mol. The highest BCUT2D eigenvalue weighted by Gasteiger charge is 2.48. The Kier molecular flexibility index (Phi) is 30.4. The van der Waals surface area contributed by atoms with E-state index in [1.165, 1.54) is 0 Å². The van der Waals surface area contributed by atoms with Crippen molar-refractivity contribution in [2.45, 2.75) is 166 Å². The molecule has 6 unspecified atom stereocenters. The molecule has 1 aliphatic rings. The van der Waals surface area contributed by atoms with Crippen LogP contribution in [0.5, 0.6) is 0 Å². The number of hydrogen-bond acceptors (Lipinski definition) is 11. The van der Waals surface area contributed by atoms with Crippen LogP contribution < -0.4 is 0 Å². The summed E-state index contributed by atoms with van der Waals surface area (Å²) >= 11 is 0. The minimum atomic E-state index is -5.06. The SMILES string of the molecule is CC/C=C\C/C=C\C/C=C\CCCCCCOCC(COC1OC(CO)C(O)C(OS(=O)(=O)O)C1O)OC(=O)CCCCCCC/C=C\C/C=C\CCC. The summed E-state index contributed by atoms with van der Waals surface area (Å²) < 4.78 is 58.8. The largest absolute Gasteiger partial charge is 0.457 e. The number of rotatable bonds is 33. The van der Waals surface area contributed by atoms with Crippen molar-refractivity contribution in [3.8, 4) is 0 Å². The molecule has 0 saturated carbocycles. The van der Waals surface area contributed by atoms with E-state index in [1.807, 2.05) is 0 Å². The molecule has 1 aliphatic heterocycles. The molecular weight excluding hydrogens is 717 g/mol. The number of aliphatic hydroxyl groups excluding tert-OH is 3. The van der Waals surface area contributed by atoms with Crippen LogP contribution in [-0.2, 0) is 38.3 Å². The average Bonchev–Trinajstić information content (AvgIpc) is 3.14. The molecule has 0 aromatic rings. The Morgan fingerprint density at radius 2 is 1.28 bits per heavy atom. The van der Waals surface area contributed by atoms with Crippen LogP contribution in [-0.4, -0.2) is 97.5 Å². The van der Waals surface area contributed by atoms with Crippen molar-refractivity contribution in [3.63, 3.8) is 0 Å². The highest BCUT2D eigenvalue weighted by atomic mass is 32.3. The number of carbonyl (C=O) groups is 1. The summed E-state index contributed by atoms with van der Waals surface area (Å²) in [4.78, 5) is 12.8. The van der Waals surface area contributed by atoms with Crippen LogP contribution in [0.4, 0.5) is 0 Å². The van der Waals surface area contributed by atoms with Gasteiger partial charge in [-0.3, -0.25) is 9.35 Å². The zero-order valence-electron chi connectivity index (χ0n) is 32.8. The summed E-state index contributed by atoms with van der Waals surface area (Å²) in [7, 11) is -5.06. The van der Waals surface area contributed by atoms with Crippen LogP contribution in [0.3, 0.4) is 0 Å². The number of allylic oxidation sites excluding steroid dienone is 10. The maximum absolute atomic E-state index is 12.8. The Hall–Kier alpha value is -2.20. The molecule has 0 aromatic heterocycles. The summed E-state index contributed by atoms with van der Waals surface area (Å²) in [6.45, 7) is 3.70. The van der Waals surface area contributed by atoms with Crippen molar-refractivity contribution in [2.75, 3.05) is 26.4 Å². The van der Waals surface area contributed by atoms with E-state index < -0.39 is 59.8 Å². The lowest BCUT2D eigenvalue weighted by atomic mass is 9.99. The van der Waals surface area contributed by atoms with Gasteiger partial charge < -0.3 is 34.3 Å². The minimum Gasteiger partial charge on any atom is -0.457 e. The van der Waals surface area contributed by atoms with Crippen molar-refractivity contribution in [1.29, 1.82) is 0 Å². The zero-order valence-corrected chi connectivity index (χ0v) is 33.6. The molecule has 12 nitrogen and oxygen atoms in total. The van der Waals surface area contributed by atoms with Gasteiger partial charge in [0.2, 0.25) is 0 Å². The topological polar surface area (TPSA) is 178 Å². The van der Waals surface area contributed by atoms with E-state index in [0.717, 1.165) is 103 Å². The number of hydrogen-bond donors (Lipinski definition) is 4. The number of esters is 1. The van der Waals surface area contributed by atoms with Gasteiger partial charge in [-0.15, -0.1) is 0 Å². The molecule has 0 bridgehead atoms. The van der Waals surface area contributed by atoms with E-state index in [9.17, 15) is 28.5 Å². The molecule has 0 aliphatic carbocycles. The fourth-order valence-electron chi connectivity index (χ4n) is 5.60. The first-order valence-corrected chi connectivity index (χ1v) is 21.4. The number of carbonyl (C=O) groups excluding carboxylic acids is 1. The molecule has 54 heavy (non-hydrogen) atoms. The minimum absolute atomic E-state index is 0.0119. The van der Waals surface area contributed by atoms with Gasteiger partial charge in [-0.05, 0) is 70.6 Å². The summed E-state index contributed by atoms with van der Waals surface area (Å²) in [5.74, 6) is -0.426. The van der Waals surface area contributed by atoms with Gasteiger partial charge in [-0.25, -0.2) is 4.18 Å². The fraction of sp³-hybridized carbons (Fsp3) is 0.732. The number of unbranched alkanes of at least 4 members (excludes halogenated alkanes) is 10.